The summed E-state index contributed by atoms with van der Waals surface area (Å²) in [5.74, 6) is -2.19. The summed E-state index contributed by atoms with van der Waals surface area (Å²) in [5, 5.41) is 5.47. The number of amides is 2. The highest BCUT2D eigenvalue weighted by molar-refractivity contribution is 7.84. The number of alkyl carbamates (subject to hydrolysis) is 1. The van der Waals surface area contributed by atoms with Crippen molar-refractivity contribution in [2.24, 2.45) is 5.92 Å². The van der Waals surface area contributed by atoms with Crippen molar-refractivity contribution in [3.63, 3.8) is 0 Å². The van der Waals surface area contributed by atoms with E-state index in [0.717, 1.165) is 5.56 Å². The second-order valence-corrected chi connectivity index (χ2v) is 10.2. The van der Waals surface area contributed by atoms with Gasteiger partial charge in [-0.25, -0.2) is 4.79 Å². The predicted octanol–water partition coefficient (Wildman–Crippen LogP) is 1.64. The van der Waals surface area contributed by atoms with Crippen molar-refractivity contribution in [2.45, 2.75) is 57.1 Å². The lowest BCUT2D eigenvalue weighted by Gasteiger charge is -2.40. The van der Waals surface area contributed by atoms with E-state index in [1.807, 2.05) is 30.3 Å². The maximum absolute atomic E-state index is 13.2. The first-order valence-corrected chi connectivity index (χ1v) is 13.6. The molecule has 1 aromatic rings. The molecule has 0 aromatic heterocycles. The Morgan fingerprint density at radius 3 is 2.54 bits per heavy atom. The van der Waals surface area contributed by atoms with Gasteiger partial charge in [0.15, 0.2) is 5.79 Å². The zero-order valence-corrected chi connectivity index (χ0v) is 21.0. The molecule has 2 amide bonds. The van der Waals surface area contributed by atoms with Crippen molar-refractivity contribution < 1.29 is 37.5 Å². The average Bonchev–Trinajstić information content (AvgIpc) is 3.30. The molecule has 2 fully saturated rings. The third-order valence-electron chi connectivity index (χ3n) is 6.10. The smallest absolute Gasteiger partial charge is 0.408 e. The third-order valence-corrected chi connectivity index (χ3v) is 6.91. The molecule has 2 N–H and O–H groups in total. The number of nitrogens with one attached hydrogen (secondary N) is 2. The lowest BCUT2D eigenvalue weighted by Crippen LogP contribution is -2.56. The summed E-state index contributed by atoms with van der Waals surface area (Å²) < 4.78 is 33.7. The minimum Gasteiger partial charge on any atom is -0.466 e. The summed E-state index contributed by atoms with van der Waals surface area (Å²) in [5.41, 5.74) is 0.808. The largest absolute Gasteiger partial charge is 0.466 e. The number of esters is 1. The molecule has 0 bridgehead atoms. The molecule has 4 atom stereocenters. The minimum atomic E-state index is -1.16. The van der Waals surface area contributed by atoms with Crippen molar-refractivity contribution >= 4 is 28.8 Å². The van der Waals surface area contributed by atoms with Gasteiger partial charge in [0.05, 0.1) is 25.7 Å². The van der Waals surface area contributed by atoms with E-state index in [0.29, 0.717) is 26.1 Å². The number of benzene rings is 1. The summed E-state index contributed by atoms with van der Waals surface area (Å²) in [6.45, 7) is 2.90. The lowest BCUT2D eigenvalue weighted by molar-refractivity contribution is -0.199. The van der Waals surface area contributed by atoms with Crippen LogP contribution in [0.15, 0.2) is 30.3 Å². The molecule has 1 aliphatic carbocycles. The van der Waals surface area contributed by atoms with E-state index in [4.69, 9.17) is 18.9 Å². The van der Waals surface area contributed by atoms with Crippen molar-refractivity contribution in [1.82, 2.24) is 10.6 Å². The van der Waals surface area contributed by atoms with E-state index < -0.39 is 52.6 Å². The maximum Gasteiger partial charge on any atom is 0.408 e. The van der Waals surface area contributed by atoms with Crippen LogP contribution in [-0.4, -0.2) is 71.9 Å². The molecule has 10 nitrogen and oxygen atoms in total. The fourth-order valence-corrected chi connectivity index (χ4v) is 4.90. The highest BCUT2D eigenvalue weighted by Crippen LogP contribution is 2.39. The Morgan fingerprint density at radius 2 is 1.89 bits per heavy atom. The van der Waals surface area contributed by atoms with Crippen LogP contribution in [0.4, 0.5) is 4.79 Å². The molecule has 1 aliphatic heterocycles. The Labute approximate surface area is 207 Å². The number of hydrogen-bond acceptors (Lipinski definition) is 8. The second-order valence-electron chi connectivity index (χ2n) is 8.65. The van der Waals surface area contributed by atoms with Gasteiger partial charge >= 0.3 is 12.1 Å². The van der Waals surface area contributed by atoms with E-state index in [2.05, 4.69) is 10.6 Å². The van der Waals surface area contributed by atoms with Crippen LogP contribution >= 0.6 is 0 Å². The lowest BCUT2D eigenvalue weighted by atomic mass is 9.80. The standard InChI is InChI=1S/C24H34N2O8S/c1-3-31-22(28)18-15-24(33-12-13-34-24)11-9-19(18)25-21(27)20(10-14-35(2)30)26-23(29)32-16-17-7-5-4-6-8-17/h4-8,18-20H,3,9-16H2,1-2H3,(H,25,27)(H,26,29)/t18-,19+,20+,35?/m1/s1. The molecule has 1 heterocycles. The van der Waals surface area contributed by atoms with Gasteiger partial charge in [0.25, 0.3) is 0 Å². The molecule has 3 rings (SSSR count). The zero-order valence-electron chi connectivity index (χ0n) is 20.2. The highest BCUT2D eigenvalue weighted by atomic mass is 32.2. The number of carbonyl (C=O) groups excluding carboxylic acids is 3. The Bertz CT molecular complexity index is 891. The van der Waals surface area contributed by atoms with Crippen LogP contribution in [0.5, 0.6) is 0 Å². The molecule has 1 aromatic carbocycles. The molecule has 1 saturated carbocycles. The minimum absolute atomic E-state index is 0.0519. The Morgan fingerprint density at radius 1 is 1.17 bits per heavy atom. The van der Waals surface area contributed by atoms with Gasteiger partial charge in [0, 0.05) is 41.7 Å². The zero-order chi connectivity index (χ0) is 25.3. The molecule has 194 valence electrons. The first-order valence-electron chi connectivity index (χ1n) is 11.8. The SMILES string of the molecule is CCOC(=O)[C@@H]1CC2(CC[C@@H]1NC(=O)[C@H](CCS(C)=O)NC(=O)OCc1ccccc1)OCCO2. The normalized spacial score (nSPS) is 22.7. The van der Waals surface area contributed by atoms with Crippen LogP contribution in [0.2, 0.25) is 0 Å². The number of ether oxygens (including phenoxy) is 4. The van der Waals surface area contributed by atoms with Crippen LogP contribution in [0, 0.1) is 5.92 Å². The molecule has 1 spiro atoms. The van der Waals surface area contributed by atoms with E-state index in [1.165, 1.54) is 6.26 Å². The van der Waals surface area contributed by atoms with Gasteiger partial charge in [-0.2, -0.15) is 0 Å². The first kappa shape index (κ1) is 27.1. The van der Waals surface area contributed by atoms with E-state index >= 15 is 0 Å². The Balaban J connectivity index is 1.64. The Kier molecular flexibility index (Phi) is 10.1. The van der Waals surface area contributed by atoms with Gasteiger partial charge in [-0.05, 0) is 25.3 Å². The monoisotopic (exact) mass is 510 g/mol. The highest BCUT2D eigenvalue weighted by Gasteiger charge is 2.48. The number of carbonyl (C=O) groups is 3. The summed E-state index contributed by atoms with van der Waals surface area (Å²) in [6, 6.07) is 7.67. The summed E-state index contributed by atoms with van der Waals surface area (Å²) in [6.07, 6.45) is 2.16. The molecule has 35 heavy (non-hydrogen) atoms. The van der Waals surface area contributed by atoms with E-state index in [1.54, 1.807) is 6.92 Å². The predicted molar refractivity (Wildman–Crippen MR) is 128 cm³/mol. The maximum atomic E-state index is 13.2. The molecular formula is C24H34N2O8S. The van der Waals surface area contributed by atoms with Crippen LogP contribution in [0.1, 0.15) is 38.2 Å². The van der Waals surface area contributed by atoms with Crippen molar-refractivity contribution in [1.29, 1.82) is 0 Å². The fraction of sp³-hybridized carbons (Fsp3) is 0.625. The van der Waals surface area contributed by atoms with Gasteiger partial charge in [0.1, 0.15) is 12.6 Å². The van der Waals surface area contributed by atoms with Crippen LogP contribution < -0.4 is 10.6 Å². The van der Waals surface area contributed by atoms with Crippen molar-refractivity contribution in [2.75, 3.05) is 31.8 Å². The van der Waals surface area contributed by atoms with E-state index in [9.17, 15) is 18.6 Å². The molecule has 2 aliphatic rings. The van der Waals surface area contributed by atoms with Crippen LogP contribution in [-0.2, 0) is 45.9 Å². The third kappa shape index (κ3) is 8.01. The van der Waals surface area contributed by atoms with Crippen molar-refractivity contribution in [3.8, 4) is 0 Å². The second kappa shape index (κ2) is 13.0. The Hall–Kier alpha value is -2.50. The number of rotatable bonds is 10. The molecular weight excluding hydrogens is 476 g/mol. The van der Waals surface area contributed by atoms with E-state index in [-0.39, 0.29) is 31.8 Å². The van der Waals surface area contributed by atoms with Crippen LogP contribution in [0.25, 0.3) is 0 Å². The van der Waals surface area contributed by atoms with Gasteiger partial charge in [-0.15, -0.1) is 0 Å². The topological polar surface area (TPSA) is 129 Å². The van der Waals surface area contributed by atoms with Gasteiger partial charge in [-0.1, -0.05) is 30.3 Å². The molecule has 11 heteroatoms. The summed E-state index contributed by atoms with van der Waals surface area (Å²) in [7, 11) is -1.16. The van der Waals surface area contributed by atoms with Crippen LogP contribution in [0.3, 0.4) is 0 Å². The fourth-order valence-electron chi connectivity index (χ4n) is 4.33. The molecule has 1 unspecified atom stereocenters. The molecule has 0 radical (unpaired) electrons. The quantitative estimate of drug-likeness (QED) is 0.455. The summed E-state index contributed by atoms with van der Waals surface area (Å²) >= 11 is 0. The van der Waals surface area contributed by atoms with Gasteiger partial charge in [0.2, 0.25) is 5.91 Å². The van der Waals surface area contributed by atoms with Gasteiger partial charge in [-0.3, -0.25) is 13.8 Å². The molecule has 1 saturated heterocycles. The van der Waals surface area contributed by atoms with Gasteiger partial charge < -0.3 is 29.6 Å². The average molecular weight is 511 g/mol. The summed E-state index contributed by atoms with van der Waals surface area (Å²) in [4.78, 5) is 38.3. The van der Waals surface area contributed by atoms with Crippen molar-refractivity contribution in [3.05, 3.63) is 35.9 Å². The number of hydrogen-bond donors (Lipinski definition) is 2. The first-order chi connectivity index (χ1) is 16.8.